The van der Waals surface area contributed by atoms with Crippen LogP contribution in [0, 0.1) is 17.8 Å². The lowest BCUT2D eigenvalue weighted by Gasteiger charge is -2.26. The Morgan fingerprint density at radius 1 is 1.09 bits per heavy atom. The van der Waals surface area contributed by atoms with Crippen LogP contribution in [-0.2, 0) is 40.7 Å². The number of ether oxygens (including phenoxy) is 1. The second kappa shape index (κ2) is 14.3. The highest BCUT2D eigenvalue weighted by Crippen LogP contribution is 2.47. The Balaban J connectivity index is 1.23. The van der Waals surface area contributed by atoms with E-state index in [0.29, 0.717) is 37.2 Å². The van der Waals surface area contributed by atoms with Crippen LogP contribution in [0.4, 0.5) is 23.7 Å². The average Bonchev–Trinajstić information content (AvgIpc) is 3.94. The van der Waals surface area contributed by atoms with Crippen LogP contribution in [-0.4, -0.2) is 72.6 Å². The number of halogens is 3. The lowest BCUT2D eigenvalue weighted by atomic mass is 9.93. The van der Waals surface area contributed by atoms with Crippen molar-refractivity contribution in [3.63, 3.8) is 0 Å². The SMILES string of the molecule is CN1CCCCC=CC2CC2(C(=O)NS(=O)(=O)C2CC2)NC(=O)C2CC(OC(=O)Nc3cc(C(F)(F)F)ccc3-c3nc(C(C)(C)C)cs3)CC2C1=O. The molecule has 1 aromatic carbocycles. The molecule has 3 fully saturated rings. The van der Waals surface area contributed by atoms with E-state index in [0.717, 1.165) is 24.2 Å². The number of alkyl halides is 3. The molecule has 2 aromatic rings. The Kier molecular flexibility index (Phi) is 10.5. The maximum Gasteiger partial charge on any atom is 0.416 e. The lowest BCUT2D eigenvalue weighted by molar-refractivity contribution is -0.140. The summed E-state index contributed by atoms with van der Waals surface area (Å²) in [6.45, 7) is 6.27. The van der Waals surface area contributed by atoms with Crippen molar-refractivity contribution in [3.8, 4) is 10.6 Å². The highest BCUT2D eigenvalue weighted by atomic mass is 32.2. The summed E-state index contributed by atoms with van der Waals surface area (Å²) in [6.07, 6.45) is -0.0888. The molecule has 12 nitrogen and oxygen atoms in total. The summed E-state index contributed by atoms with van der Waals surface area (Å²) in [5.74, 6) is -4.30. The van der Waals surface area contributed by atoms with Crippen molar-refractivity contribution in [2.24, 2.45) is 17.8 Å². The number of benzene rings is 1. The monoisotopic (exact) mass is 779 g/mol. The number of thiazole rings is 1. The van der Waals surface area contributed by atoms with Crippen LogP contribution in [0.15, 0.2) is 35.7 Å². The number of sulfonamides is 1. The highest BCUT2D eigenvalue weighted by molar-refractivity contribution is 7.91. The third kappa shape index (κ3) is 8.55. The molecule has 1 aliphatic heterocycles. The standard InChI is InChI=1S/C36H44F3N5O7S2/c1-34(2,3)28-19-52-30(41-28)24-13-10-20(36(37,38)39)15-27(24)40-33(48)51-22-16-25-26(17-22)31(46)44(4)14-8-6-5-7-9-21-18-35(21,42-29(25)45)32(47)43-53(49,50)23-11-12-23/h7,9-10,13,15,19,21-23,25-26H,5-6,8,11-12,14,16-18H2,1-4H3,(H,40,48)(H,42,45)(H,43,47). The van der Waals surface area contributed by atoms with Crippen LogP contribution in [0.3, 0.4) is 0 Å². The van der Waals surface area contributed by atoms with Gasteiger partial charge in [-0.3, -0.25) is 24.4 Å². The van der Waals surface area contributed by atoms with Gasteiger partial charge in [-0.2, -0.15) is 13.2 Å². The van der Waals surface area contributed by atoms with Gasteiger partial charge in [-0.15, -0.1) is 11.3 Å². The number of carbonyl (C=O) groups is 4. The molecule has 5 atom stereocenters. The van der Waals surface area contributed by atoms with Gasteiger partial charge in [-0.05, 0) is 69.6 Å². The summed E-state index contributed by atoms with van der Waals surface area (Å²) in [5, 5.41) is 6.76. The minimum absolute atomic E-state index is 0.0515. The zero-order valence-electron chi connectivity index (χ0n) is 29.9. The van der Waals surface area contributed by atoms with Crippen molar-refractivity contribution in [2.45, 2.75) is 101 Å². The van der Waals surface area contributed by atoms with Crippen molar-refractivity contribution >= 4 is 50.9 Å². The number of hydrogen-bond donors (Lipinski definition) is 3. The Morgan fingerprint density at radius 3 is 2.47 bits per heavy atom. The minimum Gasteiger partial charge on any atom is -0.446 e. The highest BCUT2D eigenvalue weighted by Gasteiger charge is 2.62. The molecular formula is C36H44F3N5O7S2. The quantitative estimate of drug-likeness (QED) is 0.312. The van der Waals surface area contributed by atoms with Gasteiger partial charge >= 0.3 is 12.3 Å². The molecular weight excluding hydrogens is 736 g/mol. The van der Waals surface area contributed by atoms with Gasteiger partial charge in [0.2, 0.25) is 21.8 Å². The van der Waals surface area contributed by atoms with Crippen LogP contribution in [0.2, 0.25) is 0 Å². The first-order chi connectivity index (χ1) is 24.8. The molecule has 0 spiro atoms. The van der Waals surface area contributed by atoms with E-state index in [4.69, 9.17) is 4.74 Å². The van der Waals surface area contributed by atoms with Crippen molar-refractivity contribution in [1.29, 1.82) is 0 Å². The van der Waals surface area contributed by atoms with Gasteiger partial charge in [-0.25, -0.2) is 18.2 Å². The van der Waals surface area contributed by atoms with E-state index in [1.165, 1.54) is 22.3 Å². The molecule has 0 radical (unpaired) electrons. The second-order valence-electron chi connectivity index (χ2n) is 15.5. The zero-order valence-corrected chi connectivity index (χ0v) is 31.6. The van der Waals surface area contributed by atoms with E-state index in [1.54, 1.807) is 12.4 Å². The van der Waals surface area contributed by atoms with Gasteiger partial charge in [0.25, 0.3) is 5.91 Å². The first-order valence-corrected chi connectivity index (χ1v) is 20.2. The molecule has 4 aliphatic rings. The first-order valence-electron chi connectivity index (χ1n) is 17.7. The van der Waals surface area contributed by atoms with Gasteiger partial charge in [0, 0.05) is 35.9 Å². The van der Waals surface area contributed by atoms with Gasteiger partial charge in [0.05, 0.1) is 34.0 Å². The van der Waals surface area contributed by atoms with Gasteiger partial charge in [0.1, 0.15) is 16.7 Å². The predicted molar refractivity (Wildman–Crippen MR) is 191 cm³/mol. The Morgan fingerprint density at radius 2 is 1.81 bits per heavy atom. The van der Waals surface area contributed by atoms with Crippen molar-refractivity contribution in [1.82, 2.24) is 19.9 Å². The molecule has 53 heavy (non-hydrogen) atoms. The van der Waals surface area contributed by atoms with Gasteiger partial charge in [-0.1, -0.05) is 32.9 Å². The van der Waals surface area contributed by atoms with Crippen LogP contribution in [0.25, 0.3) is 10.6 Å². The van der Waals surface area contributed by atoms with Crippen LogP contribution >= 0.6 is 11.3 Å². The third-order valence-corrected chi connectivity index (χ3v) is 13.1. The minimum atomic E-state index is -4.70. The molecule has 5 unspecified atom stereocenters. The van der Waals surface area contributed by atoms with Crippen molar-refractivity contribution in [3.05, 3.63) is 47.0 Å². The lowest BCUT2D eigenvalue weighted by Crippen LogP contribution is -2.54. The third-order valence-electron chi connectivity index (χ3n) is 10.4. The van der Waals surface area contributed by atoms with Crippen LogP contribution in [0.5, 0.6) is 0 Å². The normalized spacial score (nSPS) is 26.9. The number of carbonyl (C=O) groups excluding carboxylic acids is 4. The molecule has 0 saturated heterocycles. The summed E-state index contributed by atoms with van der Waals surface area (Å²) in [5.41, 5.74) is -2.04. The molecule has 6 rings (SSSR count). The summed E-state index contributed by atoms with van der Waals surface area (Å²) in [4.78, 5) is 60.7. The van der Waals surface area contributed by atoms with E-state index >= 15 is 0 Å². The molecule has 3 saturated carbocycles. The number of hydrogen-bond acceptors (Lipinski definition) is 9. The molecule has 288 valence electrons. The van der Waals surface area contributed by atoms with E-state index in [-0.39, 0.29) is 41.8 Å². The Bertz CT molecular complexity index is 1920. The number of anilines is 1. The molecule has 4 amide bonds. The Hall–Kier alpha value is -3.99. The van der Waals surface area contributed by atoms with E-state index in [1.807, 2.05) is 32.9 Å². The average molecular weight is 780 g/mol. The van der Waals surface area contributed by atoms with Crippen LogP contribution < -0.4 is 15.4 Å². The largest absolute Gasteiger partial charge is 0.446 e. The number of rotatable bonds is 6. The number of allylic oxidation sites excluding steroid dienone is 1. The van der Waals surface area contributed by atoms with Gasteiger partial charge < -0.3 is 15.0 Å². The first kappa shape index (κ1) is 38.7. The number of fused-ring (bicyclic) bond motifs is 2. The van der Waals surface area contributed by atoms with E-state index in [2.05, 4.69) is 20.3 Å². The summed E-state index contributed by atoms with van der Waals surface area (Å²) in [7, 11) is -2.29. The van der Waals surface area contributed by atoms with E-state index in [9.17, 15) is 40.8 Å². The summed E-state index contributed by atoms with van der Waals surface area (Å²) < 4.78 is 74.5. The van der Waals surface area contributed by atoms with Gasteiger partial charge in [0.15, 0.2) is 0 Å². The number of amides is 4. The van der Waals surface area contributed by atoms with Crippen LogP contribution in [0.1, 0.15) is 83.4 Å². The fraction of sp³-hybridized carbons (Fsp3) is 0.583. The summed E-state index contributed by atoms with van der Waals surface area (Å²) in [6, 6.07) is 2.96. The number of nitrogens with one attached hydrogen (secondary N) is 3. The smallest absolute Gasteiger partial charge is 0.416 e. The van der Waals surface area contributed by atoms with E-state index < -0.39 is 74.3 Å². The zero-order chi connectivity index (χ0) is 38.5. The van der Waals surface area contributed by atoms with Crippen molar-refractivity contribution in [2.75, 3.05) is 18.9 Å². The maximum atomic E-state index is 14.0. The topological polar surface area (TPSA) is 164 Å². The molecule has 17 heteroatoms. The second-order valence-corrected chi connectivity index (χ2v) is 18.3. The molecule has 0 bridgehead atoms. The molecule has 3 N–H and O–H groups in total. The molecule has 3 aliphatic carbocycles. The Labute approximate surface area is 310 Å². The van der Waals surface area contributed by atoms with Crippen molar-refractivity contribution < 1.29 is 45.5 Å². The number of aromatic nitrogens is 1. The number of nitrogens with zero attached hydrogens (tertiary/aromatic N) is 2. The fourth-order valence-corrected chi connectivity index (χ4v) is 9.38. The summed E-state index contributed by atoms with van der Waals surface area (Å²) >= 11 is 1.22. The molecule has 1 aromatic heterocycles. The predicted octanol–water partition coefficient (Wildman–Crippen LogP) is 5.75. The molecule has 2 heterocycles. The maximum absolute atomic E-state index is 14.0. The fourth-order valence-electron chi connectivity index (χ4n) is 6.93.